The summed E-state index contributed by atoms with van der Waals surface area (Å²) in [4.78, 5) is 24.9. The van der Waals surface area contributed by atoms with E-state index in [9.17, 15) is 4.79 Å². The summed E-state index contributed by atoms with van der Waals surface area (Å²) in [6, 6.07) is 13.3. The minimum Gasteiger partial charge on any atom is -0.348 e. The molecule has 3 heterocycles. The quantitative estimate of drug-likeness (QED) is 0.557. The van der Waals surface area contributed by atoms with Crippen molar-refractivity contribution in [3.05, 3.63) is 72.9 Å². The van der Waals surface area contributed by atoms with Gasteiger partial charge in [0.15, 0.2) is 0 Å². The first kappa shape index (κ1) is 17.6. The van der Waals surface area contributed by atoms with Crippen molar-refractivity contribution in [1.82, 2.24) is 30.0 Å². The number of nitrogens with zero attached hydrogens (tertiary/aromatic N) is 5. The highest BCUT2D eigenvalue weighted by molar-refractivity contribution is 5.76. The van der Waals surface area contributed by atoms with Gasteiger partial charge in [0, 0.05) is 24.2 Å². The van der Waals surface area contributed by atoms with Gasteiger partial charge in [-0.15, -0.1) is 0 Å². The third-order valence-electron chi connectivity index (χ3n) is 4.22. The summed E-state index contributed by atoms with van der Waals surface area (Å²) in [5.74, 6) is 0.649. The van der Waals surface area contributed by atoms with Crippen molar-refractivity contribution in [3.63, 3.8) is 0 Å². The molecule has 1 amide bonds. The number of aromatic nitrogens is 5. The van der Waals surface area contributed by atoms with Gasteiger partial charge in [-0.25, -0.2) is 4.98 Å². The number of carbonyl (C=O) groups excluding carboxylic acids is 1. The molecule has 0 bridgehead atoms. The highest BCUT2D eigenvalue weighted by Crippen LogP contribution is 2.20. The number of hydrogen-bond donors (Lipinski definition) is 1. The zero-order valence-electron chi connectivity index (χ0n) is 15.2. The van der Waals surface area contributed by atoms with E-state index in [1.54, 1.807) is 41.6 Å². The maximum atomic E-state index is 12.3. The first-order valence-corrected chi connectivity index (χ1v) is 8.79. The summed E-state index contributed by atoms with van der Waals surface area (Å²) < 4.78 is 6.97. The molecule has 0 spiro atoms. The first-order chi connectivity index (χ1) is 13.7. The van der Waals surface area contributed by atoms with Gasteiger partial charge in [0.25, 0.3) is 5.89 Å². The van der Waals surface area contributed by atoms with Crippen LogP contribution in [-0.2, 0) is 11.3 Å². The summed E-state index contributed by atoms with van der Waals surface area (Å²) in [6.07, 6.45) is 6.60. The highest BCUT2D eigenvalue weighted by Gasteiger charge is 2.14. The fraction of sp³-hybridized carbons (Fsp3) is 0.150. The van der Waals surface area contributed by atoms with E-state index in [4.69, 9.17) is 4.52 Å². The second kappa shape index (κ2) is 7.83. The molecule has 4 rings (SSSR count). The van der Waals surface area contributed by atoms with E-state index < -0.39 is 0 Å². The Kier molecular flexibility index (Phi) is 4.92. The lowest BCUT2D eigenvalue weighted by Gasteiger charge is -2.14. The largest absolute Gasteiger partial charge is 0.348 e. The Morgan fingerprint density at radius 2 is 1.96 bits per heavy atom. The third-order valence-corrected chi connectivity index (χ3v) is 4.22. The van der Waals surface area contributed by atoms with Crippen LogP contribution in [0, 0.1) is 0 Å². The van der Waals surface area contributed by atoms with E-state index >= 15 is 0 Å². The van der Waals surface area contributed by atoms with Gasteiger partial charge < -0.3 is 14.4 Å². The van der Waals surface area contributed by atoms with Gasteiger partial charge >= 0.3 is 0 Å². The second-order valence-electron chi connectivity index (χ2n) is 6.29. The van der Waals surface area contributed by atoms with Gasteiger partial charge in [0.05, 0.1) is 12.4 Å². The van der Waals surface area contributed by atoms with E-state index in [0.29, 0.717) is 17.4 Å². The smallest absolute Gasteiger partial charge is 0.258 e. The predicted molar refractivity (Wildman–Crippen MR) is 102 cm³/mol. The Bertz CT molecular complexity index is 1060. The van der Waals surface area contributed by atoms with Crippen LogP contribution in [0.4, 0.5) is 0 Å². The van der Waals surface area contributed by atoms with Crippen molar-refractivity contribution in [2.75, 3.05) is 0 Å². The Morgan fingerprint density at radius 1 is 1.18 bits per heavy atom. The van der Waals surface area contributed by atoms with Gasteiger partial charge in [0.1, 0.15) is 12.2 Å². The topological polar surface area (TPSA) is 98.7 Å². The lowest BCUT2D eigenvalue weighted by atomic mass is 10.1. The zero-order valence-corrected chi connectivity index (χ0v) is 15.2. The molecular weight excluding hydrogens is 356 g/mol. The molecule has 0 aliphatic carbocycles. The molecule has 0 aliphatic heterocycles. The molecule has 0 saturated carbocycles. The number of benzene rings is 1. The number of imidazole rings is 1. The SMILES string of the molecule is C[C@@H](NC(=O)Cn1cnc(-c2noc(-c3ccncc3)n2)c1)c1ccccc1. The minimum absolute atomic E-state index is 0.0724. The fourth-order valence-corrected chi connectivity index (χ4v) is 2.78. The molecule has 4 aromatic rings. The van der Waals surface area contributed by atoms with Crippen molar-refractivity contribution in [2.45, 2.75) is 19.5 Å². The van der Waals surface area contributed by atoms with Crippen molar-refractivity contribution in [3.8, 4) is 23.0 Å². The molecule has 0 unspecified atom stereocenters. The summed E-state index contributed by atoms with van der Waals surface area (Å²) in [6.45, 7) is 2.10. The molecule has 140 valence electrons. The van der Waals surface area contributed by atoms with Crippen molar-refractivity contribution in [1.29, 1.82) is 0 Å². The summed E-state index contributed by atoms with van der Waals surface area (Å²) >= 11 is 0. The molecule has 8 nitrogen and oxygen atoms in total. The molecule has 0 saturated heterocycles. The van der Waals surface area contributed by atoms with Crippen molar-refractivity contribution >= 4 is 5.91 Å². The maximum Gasteiger partial charge on any atom is 0.258 e. The highest BCUT2D eigenvalue weighted by atomic mass is 16.5. The van der Waals surface area contributed by atoms with Gasteiger partial charge in [-0.2, -0.15) is 4.98 Å². The zero-order chi connectivity index (χ0) is 19.3. The van der Waals surface area contributed by atoms with Crippen LogP contribution in [0.15, 0.2) is 71.9 Å². The van der Waals surface area contributed by atoms with E-state index in [0.717, 1.165) is 11.1 Å². The molecule has 0 fully saturated rings. The van der Waals surface area contributed by atoms with Gasteiger partial charge in [-0.1, -0.05) is 35.5 Å². The number of amides is 1. The fourth-order valence-electron chi connectivity index (χ4n) is 2.78. The summed E-state index contributed by atoms with van der Waals surface area (Å²) in [7, 11) is 0. The van der Waals surface area contributed by atoms with Gasteiger partial charge in [-0.05, 0) is 24.6 Å². The van der Waals surface area contributed by atoms with E-state index in [1.165, 1.54) is 0 Å². The monoisotopic (exact) mass is 374 g/mol. The standard InChI is InChI=1S/C20H18N6O2/c1-14(15-5-3-2-4-6-15)23-18(27)12-26-11-17(22-13-26)19-24-20(28-25-19)16-7-9-21-10-8-16/h2-11,13-14H,12H2,1H3,(H,23,27)/t14-/m1/s1. The van der Waals surface area contributed by atoms with Crippen molar-refractivity contribution in [2.24, 2.45) is 0 Å². The van der Waals surface area contributed by atoms with Crippen LogP contribution >= 0.6 is 0 Å². The number of carbonyl (C=O) groups is 1. The molecule has 0 aliphatic rings. The van der Waals surface area contributed by atoms with E-state index in [-0.39, 0.29) is 18.5 Å². The minimum atomic E-state index is -0.106. The average Bonchev–Trinajstić information content (AvgIpc) is 3.39. The Hall–Kier alpha value is -3.81. The van der Waals surface area contributed by atoms with Crippen LogP contribution in [0.5, 0.6) is 0 Å². The molecule has 1 N–H and O–H groups in total. The van der Waals surface area contributed by atoms with Gasteiger partial charge in [0.2, 0.25) is 11.7 Å². The average molecular weight is 374 g/mol. The summed E-state index contributed by atoms with van der Waals surface area (Å²) in [5.41, 5.74) is 2.37. The molecular formula is C20H18N6O2. The third kappa shape index (κ3) is 3.96. The Balaban J connectivity index is 1.41. The van der Waals surface area contributed by atoms with Crippen LogP contribution in [0.3, 0.4) is 0 Å². The lowest BCUT2D eigenvalue weighted by Crippen LogP contribution is -2.29. The lowest BCUT2D eigenvalue weighted by molar-refractivity contribution is -0.122. The van der Waals surface area contributed by atoms with E-state index in [1.807, 2.05) is 37.3 Å². The number of pyridine rings is 1. The molecule has 1 aromatic carbocycles. The number of nitrogens with one attached hydrogen (secondary N) is 1. The van der Waals surface area contributed by atoms with Crippen LogP contribution in [0.25, 0.3) is 23.0 Å². The van der Waals surface area contributed by atoms with Crippen LogP contribution in [-0.4, -0.2) is 30.6 Å². The molecule has 1 atom stereocenters. The molecule has 3 aromatic heterocycles. The van der Waals surface area contributed by atoms with Crippen LogP contribution in [0.1, 0.15) is 18.5 Å². The number of hydrogen-bond acceptors (Lipinski definition) is 6. The molecule has 28 heavy (non-hydrogen) atoms. The van der Waals surface area contributed by atoms with Crippen molar-refractivity contribution < 1.29 is 9.32 Å². The Labute approximate surface area is 161 Å². The molecule has 0 radical (unpaired) electrons. The predicted octanol–water partition coefficient (Wildman–Crippen LogP) is 2.87. The van der Waals surface area contributed by atoms with Gasteiger partial charge in [-0.3, -0.25) is 9.78 Å². The van der Waals surface area contributed by atoms with E-state index in [2.05, 4.69) is 25.4 Å². The maximum absolute atomic E-state index is 12.3. The number of rotatable bonds is 6. The van der Waals surface area contributed by atoms with Crippen LogP contribution in [0.2, 0.25) is 0 Å². The first-order valence-electron chi connectivity index (χ1n) is 8.79. The normalized spacial score (nSPS) is 11.9. The molecule has 8 heteroatoms. The second-order valence-corrected chi connectivity index (χ2v) is 6.29. The summed E-state index contributed by atoms with van der Waals surface area (Å²) in [5, 5.41) is 6.94. The Morgan fingerprint density at radius 3 is 2.75 bits per heavy atom. The van der Waals surface area contributed by atoms with Crippen LogP contribution < -0.4 is 5.32 Å².